The molecule has 1 N–H and O–H groups in total. The van der Waals surface area contributed by atoms with Gasteiger partial charge in [0.15, 0.2) is 0 Å². The molecule has 0 spiro atoms. The molecule has 0 saturated carbocycles. The number of aryl methyl sites for hydroxylation is 1. The van der Waals surface area contributed by atoms with E-state index in [0.717, 1.165) is 16.9 Å². The molecule has 4 heteroatoms. The maximum Gasteiger partial charge on any atom is 0.255 e. The van der Waals surface area contributed by atoms with Crippen molar-refractivity contribution in [3.05, 3.63) is 58.6 Å². The molecule has 0 aromatic heterocycles. The van der Waals surface area contributed by atoms with Crippen LogP contribution in [0.1, 0.15) is 29.8 Å². The fraction of sp³-hybridized carbons (Fsp3) is 0.278. The minimum atomic E-state index is 0.0350. The van der Waals surface area contributed by atoms with Crippen molar-refractivity contribution in [2.24, 2.45) is 0 Å². The van der Waals surface area contributed by atoms with Gasteiger partial charge in [-0.2, -0.15) is 0 Å². The molecule has 0 aliphatic rings. The molecule has 2 aromatic rings. The van der Waals surface area contributed by atoms with Crippen LogP contribution in [0.2, 0.25) is 5.02 Å². The van der Waals surface area contributed by atoms with Crippen LogP contribution in [0.5, 0.6) is 0 Å². The van der Waals surface area contributed by atoms with Crippen molar-refractivity contribution >= 4 is 28.9 Å². The van der Waals surface area contributed by atoms with E-state index in [1.807, 2.05) is 68.1 Å². The molecule has 0 unspecified atom stereocenters. The standard InChI is InChI=1S/C18H21ClN2O/c1-4-21(5-2)18(22)15-8-6-7-9-16(15)20-17-12-14(19)11-10-13(17)3/h6-12,20H,4-5H2,1-3H3. The predicted octanol–water partition coefficient (Wildman–Crippen LogP) is 4.87. The molecule has 116 valence electrons. The van der Waals surface area contributed by atoms with Crippen molar-refractivity contribution in [3.8, 4) is 0 Å². The van der Waals surface area contributed by atoms with E-state index in [1.54, 1.807) is 0 Å². The van der Waals surface area contributed by atoms with Crippen LogP contribution in [-0.4, -0.2) is 23.9 Å². The lowest BCUT2D eigenvalue weighted by atomic mass is 10.1. The molecule has 1 amide bonds. The Balaban J connectivity index is 2.36. The summed E-state index contributed by atoms with van der Waals surface area (Å²) < 4.78 is 0. The first-order valence-electron chi connectivity index (χ1n) is 7.48. The first kappa shape index (κ1) is 16.4. The van der Waals surface area contributed by atoms with Crippen LogP contribution in [0.4, 0.5) is 11.4 Å². The smallest absolute Gasteiger partial charge is 0.255 e. The summed E-state index contributed by atoms with van der Waals surface area (Å²) in [5, 5.41) is 4.00. The van der Waals surface area contributed by atoms with Gasteiger partial charge in [0.1, 0.15) is 0 Å². The first-order valence-corrected chi connectivity index (χ1v) is 7.86. The fourth-order valence-electron chi connectivity index (χ4n) is 2.33. The Hall–Kier alpha value is -2.00. The summed E-state index contributed by atoms with van der Waals surface area (Å²) in [6.07, 6.45) is 0. The Morgan fingerprint density at radius 3 is 2.45 bits per heavy atom. The Bertz CT molecular complexity index is 666. The van der Waals surface area contributed by atoms with Crippen LogP contribution in [0.3, 0.4) is 0 Å². The number of rotatable bonds is 5. The van der Waals surface area contributed by atoms with Crippen LogP contribution >= 0.6 is 11.6 Å². The number of amides is 1. The molecule has 2 aromatic carbocycles. The molecule has 0 aliphatic heterocycles. The van der Waals surface area contributed by atoms with Crippen molar-refractivity contribution in [1.29, 1.82) is 0 Å². The average Bonchev–Trinajstić information content (AvgIpc) is 2.52. The maximum atomic E-state index is 12.6. The van der Waals surface area contributed by atoms with E-state index in [2.05, 4.69) is 5.32 Å². The highest BCUT2D eigenvalue weighted by atomic mass is 35.5. The molecule has 0 heterocycles. The summed E-state index contributed by atoms with van der Waals surface area (Å²) in [7, 11) is 0. The van der Waals surface area contributed by atoms with Crippen molar-refractivity contribution < 1.29 is 4.79 Å². The van der Waals surface area contributed by atoms with E-state index in [9.17, 15) is 4.79 Å². The second-order valence-electron chi connectivity index (χ2n) is 5.11. The van der Waals surface area contributed by atoms with E-state index >= 15 is 0 Å². The number of para-hydroxylation sites is 1. The number of halogens is 1. The van der Waals surface area contributed by atoms with Gasteiger partial charge in [0.05, 0.1) is 11.3 Å². The van der Waals surface area contributed by atoms with Crippen LogP contribution in [0.25, 0.3) is 0 Å². The minimum absolute atomic E-state index is 0.0350. The highest BCUT2D eigenvalue weighted by Gasteiger charge is 2.16. The summed E-state index contributed by atoms with van der Waals surface area (Å²) in [6.45, 7) is 7.37. The van der Waals surface area contributed by atoms with Gasteiger partial charge >= 0.3 is 0 Å². The predicted molar refractivity (Wildman–Crippen MR) is 93.2 cm³/mol. The van der Waals surface area contributed by atoms with Crippen LogP contribution in [-0.2, 0) is 0 Å². The van der Waals surface area contributed by atoms with Gasteiger partial charge in [-0.3, -0.25) is 4.79 Å². The number of anilines is 2. The fourth-order valence-corrected chi connectivity index (χ4v) is 2.51. The van der Waals surface area contributed by atoms with Gasteiger partial charge in [0, 0.05) is 23.8 Å². The SMILES string of the molecule is CCN(CC)C(=O)c1ccccc1Nc1cc(Cl)ccc1C. The molecule has 3 nitrogen and oxygen atoms in total. The lowest BCUT2D eigenvalue weighted by Gasteiger charge is -2.21. The van der Waals surface area contributed by atoms with Gasteiger partial charge in [0.25, 0.3) is 5.91 Å². The van der Waals surface area contributed by atoms with Gasteiger partial charge < -0.3 is 10.2 Å². The molecule has 0 saturated heterocycles. The summed E-state index contributed by atoms with van der Waals surface area (Å²) in [5.74, 6) is 0.0350. The highest BCUT2D eigenvalue weighted by molar-refractivity contribution is 6.30. The lowest BCUT2D eigenvalue weighted by Crippen LogP contribution is -2.30. The second kappa shape index (κ2) is 7.32. The molecule has 0 atom stereocenters. The van der Waals surface area contributed by atoms with Gasteiger partial charge in [-0.25, -0.2) is 0 Å². The summed E-state index contributed by atoms with van der Waals surface area (Å²) in [6, 6.07) is 13.2. The third-order valence-corrected chi connectivity index (χ3v) is 3.91. The molecule has 0 aliphatic carbocycles. The highest BCUT2D eigenvalue weighted by Crippen LogP contribution is 2.26. The van der Waals surface area contributed by atoms with E-state index < -0.39 is 0 Å². The monoisotopic (exact) mass is 316 g/mol. The third kappa shape index (κ3) is 3.60. The third-order valence-electron chi connectivity index (χ3n) is 3.68. The average molecular weight is 317 g/mol. The minimum Gasteiger partial charge on any atom is -0.355 e. The zero-order valence-corrected chi connectivity index (χ0v) is 13.9. The largest absolute Gasteiger partial charge is 0.355 e. The van der Waals surface area contributed by atoms with Crippen LogP contribution in [0.15, 0.2) is 42.5 Å². The topological polar surface area (TPSA) is 32.3 Å². The summed E-state index contributed by atoms with van der Waals surface area (Å²) in [4.78, 5) is 14.4. The van der Waals surface area contributed by atoms with Gasteiger partial charge in [-0.05, 0) is 50.6 Å². The van der Waals surface area contributed by atoms with Crippen LogP contribution < -0.4 is 5.32 Å². The molecule has 0 radical (unpaired) electrons. The Labute approximate surface area is 136 Å². The zero-order valence-electron chi connectivity index (χ0n) is 13.2. The number of carbonyl (C=O) groups excluding carboxylic acids is 1. The quantitative estimate of drug-likeness (QED) is 0.853. The Morgan fingerprint density at radius 1 is 1.09 bits per heavy atom. The second-order valence-corrected chi connectivity index (χ2v) is 5.54. The molecular formula is C18H21ClN2O. The molecule has 0 fully saturated rings. The van der Waals surface area contributed by atoms with E-state index in [0.29, 0.717) is 23.7 Å². The normalized spacial score (nSPS) is 10.4. The number of carbonyl (C=O) groups is 1. The molecule has 0 bridgehead atoms. The Kier molecular flexibility index (Phi) is 5.45. The first-order chi connectivity index (χ1) is 10.6. The van der Waals surface area contributed by atoms with Gasteiger partial charge in [0.2, 0.25) is 0 Å². The van der Waals surface area contributed by atoms with Gasteiger partial charge in [-0.1, -0.05) is 29.8 Å². The molecule has 2 rings (SSSR count). The maximum absolute atomic E-state index is 12.6. The molecular weight excluding hydrogens is 296 g/mol. The van der Waals surface area contributed by atoms with E-state index in [4.69, 9.17) is 11.6 Å². The Morgan fingerprint density at radius 2 is 1.77 bits per heavy atom. The van der Waals surface area contributed by atoms with Crippen molar-refractivity contribution in [1.82, 2.24) is 4.90 Å². The number of hydrogen-bond donors (Lipinski definition) is 1. The zero-order chi connectivity index (χ0) is 16.1. The number of nitrogens with zero attached hydrogens (tertiary/aromatic N) is 1. The number of benzene rings is 2. The van der Waals surface area contributed by atoms with Gasteiger partial charge in [-0.15, -0.1) is 0 Å². The van der Waals surface area contributed by atoms with Crippen molar-refractivity contribution in [2.45, 2.75) is 20.8 Å². The van der Waals surface area contributed by atoms with Crippen molar-refractivity contribution in [3.63, 3.8) is 0 Å². The van der Waals surface area contributed by atoms with E-state index in [1.165, 1.54) is 0 Å². The van der Waals surface area contributed by atoms with E-state index in [-0.39, 0.29) is 5.91 Å². The lowest BCUT2D eigenvalue weighted by molar-refractivity contribution is 0.0774. The van der Waals surface area contributed by atoms with Crippen molar-refractivity contribution in [2.75, 3.05) is 18.4 Å². The number of hydrogen-bond acceptors (Lipinski definition) is 2. The number of nitrogens with one attached hydrogen (secondary N) is 1. The summed E-state index contributed by atoms with van der Waals surface area (Å²) >= 11 is 6.07. The summed E-state index contributed by atoms with van der Waals surface area (Å²) in [5.41, 5.74) is 3.46. The molecule has 22 heavy (non-hydrogen) atoms. The van der Waals surface area contributed by atoms with Crippen LogP contribution in [0, 0.1) is 6.92 Å².